The smallest absolute Gasteiger partial charge is 0.160 e. The number of benzene rings is 2. The van der Waals surface area contributed by atoms with Crippen molar-refractivity contribution in [3.8, 4) is 17.2 Å². The molecule has 1 N–H and O–H groups in total. The molecule has 0 saturated heterocycles. The van der Waals surface area contributed by atoms with Crippen molar-refractivity contribution in [2.24, 2.45) is 0 Å². The lowest BCUT2D eigenvalue weighted by Crippen LogP contribution is -2.20. The third-order valence-electron chi connectivity index (χ3n) is 4.23. The van der Waals surface area contributed by atoms with E-state index < -0.39 is 0 Å². The molecule has 2 aromatic rings. The highest BCUT2D eigenvalue weighted by atomic mass is 16.5. The first-order chi connectivity index (χ1) is 13.8. The van der Waals surface area contributed by atoms with Gasteiger partial charge in [-0.25, -0.2) is 0 Å². The monoisotopic (exact) mass is 385 g/mol. The summed E-state index contributed by atoms with van der Waals surface area (Å²) >= 11 is 0. The fraction of sp³-hybridized carbons (Fsp3) is 0.391. The zero-order valence-corrected chi connectivity index (χ0v) is 16.9. The quantitative estimate of drug-likeness (QED) is 0.393. The molecule has 0 aliphatic carbocycles. The van der Waals surface area contributed by atoms with Crippen molar-refractivity contribution >= 4 is 0 Å². The van der Waals surface area contributed by atoms with Crippen molar-refractivity contribution in [1.29, 1.82) is 0 Å². The van der Waals surface area contributed by atoms with E-state index in [2.05, 4.69) is 18.0 Å². The van der Waals surface area contributed by atoms with Crippen LogP contribution in [0.2, 0.25) is 0 Å². The Balaban J connectivity index is 1.57. The number of ether oxygens (including phenoxy) is 4. The topological polar surface area (TPSA) is 49.0 Å². The average Bonchev–Trinajstić information content (AvgIpc) is 2.74. The second-order valence-electron chi connectivity index (χ2n) is 6.34. The second kappa shape index (κ2) is 12.8. The zero-order valence-electron chi connectivity index (χ0n) is 16.9. The van der Waals surface area contributed by atoms with E-state index in [4.69, 9.17) is 18.9 Å². The summed E-state index contributed by atoms with van der Waals surface area (Å²) in [7, 11) is 3.30. The van der Waals surface area contributed by atoms with Gasteiger partial charge in [0.25, 0.3) is 0 Å². The highest BCUT2D eigenvalue weighted by molar-refractivity contribution is 5.42. The van der Waals surface area contributed by atoms with Gasteiger partial charge in [0.15, 0.2) is 11.5 Å². The molecule has 0 atom stereocenters. The first kappa shape index (κ1) is 21.8. The Morgan fingerprint density at radius 3 is 2.39 bits per heavy atom. The Morgan fingerprint density at radius 2 is 1.68 bits per heavy atom. The van der Waals surface area contributed by atoms with Crippen molar-refractivity contribution in [2.45, 2.75) is 19.4 Å². The van der Waals surface area contributed by atoms with Gasteiger partial charge in [-0.05, 0) is 61.3 Å². The van der Waals surface area contributed by atoms with Crippen LogP contribution in [0.5, 0.6) is 17.2 Å². The summed E-state index contributed by atoms with van der Waals surface area (Å²) in [6.45, 7) is 7.31. The second-order valence-corrected chi connectivity index (χ2v) is 6.34. The lowest BCUT2D eigenvalue weighted by molar-refractivity contribution is 0.149. The molecule has 5 heteroatoms. The van der Waals surface area contributed by atoms with Crippen LogP contribution in [0.1, 0.15) is 17.5 Å². The molecule has 5 nitrogen and oxygen atoms in total. The van der Waals surface area contributed by atoms with Crippen molar-refractivity contribution in [1.82, 2.24) is 5.32 Å². The summed E-state index contributed by atoms with van der Waals surface area (Å²) in [6, 6.07) is 14.1. The van der Waals surface area contributed by atoms with Gasteiger partial charge in [0.05, 0.1) is 34.0 Å². The number of hydrogen-bond donors (Lipinski definition) is 1. The summed E-state index contributed by atoms with van der Waals surface area (Å²) in [5, 5.41) is 3.45. The van der Waals surface area contributed by atoms with Crippen molar-refractivity contribution in [2.75, 3.05) is 40.5 Å². The first-order valence-corrected chi connectivity index (χ1v) is 9.59. The van der Waals surface area contributed by atoms with Crippen LogP contribution in [0.15, 0.2) is 55.1 Å². The van der Waals surface area contributed by atoms with Gasteiger partial charge in [0, 0.05) is 0 Å². The molecule has 2 rings (SSSR count). The fourth-order valence-corrected chi connectivity index (χ4v) is 2.72. The van der Waals surface area contributed by atoms with Gasteiger partial charge in [0.2, 0.25) is 0 Å². The number of methoxy groups -OCH3 is 2. The van der Waals surface area contributed by atoms with Gasteiger partial charge < -0.3 is 24.3 Å². The zero-order chi connectivity index (χ0) is 20.0. The highest BCUT2D eigenvalue weighted by Gasteiger charge is 2.04. The molecule has 0 heterocycles. The maximum Gasteiger partial charge on any atom is 0.160 e. The van der Waals surface area contributed by atoms with Gasteiger partial charge in [0.1, 0.15) is 5.75 Å². The molecule has 0 radical (unpaired) electrons. The molecule has 152 valence electrons. The number of rotatable bonds is 14. The molecule has 0 spiro atoms. The maximum atomic E-state index is 5.78. The van der Waals surface area contributed by atoms with Gasteiger partial charge in [-0.2, -0.15) is 0 Å². The Hall–Kier alpha value is -2.50. The van der Waals surface area contributed by atoms with E-state index in [9.17, 15) is 0 Å². The molecule has 0 amide bonds. The van der Waals surface area contributed by atoms with Crippen molar-refractivity contribution in [3.63, 3.8) is 0 Å². The molecule has 2 aromatic carbocycles. The van der Waals surface area contributed by atoms with Gasteiger partial charge in [-0.15, -0.1) is 6.58 Å². The predicted molar refractivity (Wildman–Crippen MR) is 113 cm³/mol. The van der Waals surface area contributed by atoms with E-state index in [0.29, 0.717) is 19.8 Å². The third-order valence-corrected chi connectivity index (χ3v) is 4.23. The van der Waals surface area contributed by atoms with Crippen LogP contribution in [-0.4, -0.2) is 40.5 Å². The van der Waals surface area contributed by atoms with E-state index in [1.807, 2.05) is 36.4 Å². The van der Waals surface area contributed by atoms with Crippen molar-refractivity contribution in [3.05, 3.63) is 66.2 Å². The molecule has 0 saturated carbocycles. The Kier molecular flexibility index (Phi) is 9.97. The van der Waals surface area contributed by atoms with Crippen molar-refractivity contribution < 1.29 is 18.9 Å². The standard InChI is InChI=1S/C23H31NO4/c1-4-15-27-18-20-6-9-21(10-7-20)28-16-5-13-24-14-12-19-8-11-22(25-2)23(17-19)26-3/h4,6-11,17,24H,1,5,12-16,18H2,2-3H3. The third kappa shape index (κ3) is 7.62. The molecule has 0 fully saturated rings. The minimum atomic E-state index is 0.567. The Labute approximate surface area is 168 Å². The first-order valence-electron chi connectivity index (χ1n) is 9.59. The normalized spacial score (nSPS) is 10.5. The summed E-state index contributed by atoms with van der Waals surface area (Å²) in [4.78, 5) is 0. The molecule has 0 aromatic heterocycles. The number of hydrogen-bond acceptors (Lipinski definition) is 5. The molecule has 0 bridgehead atoms. The van der Waals surface area contributed by atoms with Crippen LogP contribution in [0, 0.1) is 0 Å². The Bertz CT molecular complexity index is 700. The van der Waals surface area contributed by atoms with E-state index in [1.54, 1.807) is 20.3 Å². The van der Waals surface area contributed by atoms with Gasteiger partial charge in [-0.3, -0.25) is 0 Å². The summed E-state index contributed by atoms with van der Waals surface area (Å²) in [5.41, 5.74) is 2.35. The molecule has 0 aliphatic heterocycles. The van der Waals surface area contributed by atoms with Gasteiger partial charge in [-0.1, -0.05) is 24.3 Å². The molecular formula is C23H31NO4. The van der Waals surface area contributed by atoms with E-state index in [0.717, 1.165) is 48.7 Å². The van der Waals surface area contributed by atoms with Crippen LogP contribution >= 0.6 is 0 Å². The molecule has 0 aliphatic rings. The SMILES string of the molecule is C=CCOCc1ccc(OCCCNCCc2ccc(OC)c(OC)c2)cc1. The van der Waals surface area contributed by atoms with E-state index >= 15 is 0 Å². The minimum absolute atomic E-state index is 0.567. The summed E-state index contributed by atoms with van der Waals surface area (Å²) in [5.74, 6) is 2.41. The Morgan fingerprint density at radius 1 is 0.929 bits per heavy atom. The number of nitrogens with one attached hydrogen (secondary N) is 1. The minimum Gasteiger partial charge on any atom is -0.494 e. The summed E-state index contributed by atoms with van der Waals surface area (Å²) < 4.78 is 21.8. The van der Waals surface area contributed by atoms with Crippen LogP contribution in [0.3, 0.4) is 0 Å². The van der Waals surface area contributed by atoms with Crippen LogP contribution in [0.25, 0.3) is 0 Å². The van der Waals surface area contributed by atoms with Gasteiger partial charge >= 0.3 is 0 Å². The molecule has 0 unspecified atom stereocenters. The fourth-order valence-electron chi connectivity index (χ4n) is 2.72. The maximum absolute atomic E-state index is 5.78. The largest absolute Gasteiger partial charge is 0.494 e. The van der Waals surface area contributed by atoms with Crippen LogP contribution < -0.4 is 19.5 Å². The van der Waals surface area contributed by atoms with Crippen LogP contribution in [-0.2, 0) is 17.8 Å². The van der Waals surface area contributed by atoms with E-state index in [-0.39, 0.29) is 0 Å². The molecule has 28 heavy (non-hydrogen) atoms. The lowest BCUT2D eigenvalue weighted by Gasteiger charge is -2.10. The predicted octanol–water partition coefficient (Wildman–Crippen LogP) is 4.01. The lowest BCUT2D eigenvalue weighted by atomic mass is 10.1. The highest BCUT2D eigenvalue weighted by Crippen LogP contribution is 2.27. The summed E-state index contributed by atoms with van der Waals surface area (Å²) in [6.07, 6.45) is 3.64. The average molecular weight is 386 g/mol. The van der Waals surface area contributed by atoms with E-state index in [1.165, 1.54) is 5.56 Å². The van der Waals surface area contributed by atoms with Crippen LogP contribution in [0.4, 0.5) is 0 Å². The molecular weight excluding hydrogens is 354 g/mol.